The van der Waals surface area contributed by atoms with E-state index in [2.05, 4.69) is 23.1 Å². The number of carbonyl (C=O) groups is 1. The summed E-state index contributed by atoms with van der Waals surface area (Å²) in [5.41, 5.74) is 4.35. The molecule has 4 rings (SSSR count). The van der Waals surface area contributed by atoms with Crippen LogP contribution in [-0.2, 0) is 17.6 Å². The Labute approximate surface area is 152 Å². The molecule has 1 aromatic heterocycles. The highest BCUT2D eigenvalue weighted by atomic mass is 16.5. The minimum Gasteiger partial charge on any atom is -0.339 e. The van der Waals surface area contributed by atoms with E-state index in [1.54, 1.807) is 0 Å². The minimum absolute atomic E-state index is 0.0949. The van der Waals surface area contributed by atoms with E-state index in [9.17, 15) is 4.79 Å². The predicted octanol–water partition coefficient (Wildman–Crippen LogP) is 3.96. The van der Waals surface area contributed by atoms with Gasteiger partial charge in [-0.15, -0.1) is 0 Å². The molecule has 0 bridgehead atoms. The number of aryl methyl sites for hydroxylation is 2. The van der Waals surface area contributed by atoms with Gasteiger partial charge in [0.25, 0.3) is 0 Å². The molecule has 3 aromatic rings. The summed E-state index contributed by atoms with van der Waals surface area (Å²) in [6.45, 7) is 4.12. The van der Waals surface area contributed by atoms with Gasteiger partial charge in [0.1, 0.15) is 0 Å². The van der Waals surface area contributed by atoms with Crippen LogP contribution in [0.5, 0.6) is 0 Å². The van der Waals surface area contributed by atoms with Crippen LogP contribution in [0.1, 0.15) is 30.4 Å². The molecule has 1 atom stereocenters. The number of aromatic nitrogens is 2. The molecule has 132 valence electrons. The Morgan fingerprint density at radius 1 is 1.19 bits per heavy atom. The highest BCUT2D eigenvalue weighted by Crippen LogP contribution is 2.32. The van der Waals surface area contributed by atoms with Gasteiger partial charge in [-0.2, -0.15) is 4.98 Å². The number of nitrogens with zero attached hydrogens (tertiary/aromatic N) is 3. The standard InChI is InChI=1S/C21H21N3O2/c1-14-7-9-16(10-8-14)21-22-19(26-23-21)11-12-20(25)24-15(2)13-17-5-3-4-6-18(17)24/h3-10,15H,11-13H2,1-2H3/t15-/m1/s1. The monoisotopic (exact) mass is 347 g/mol. The Morgan fingerprint density at radius 3 is 2.77 bits per heavy atom. The van der Waals surface area contributed by atoms with Crippen LogP contribution in [-0.4, -0.2) is 22.1 Å². The number of carbonyl (C=O) groups excluding carboxylic acids is 1. The van der Waals surface area contributed by atoms with E-state index >= 15 is 0 Å². The smallest absolute Gasteiger partial charge is 0.227 e. The average molecular weight is 347 g/mol. The molecular weight excluding hydrogens is 326 g/mol. The lowest BCUT2D eigenvalue weighted by atomic mass is 10.1. The summed E-state index contributed by atoms with van der Waals surface area (Å²) >= 11 is 0. The molecule has 1 aliphatic heterocycles. The SMILES string of the molecule is Cc1ccc(-c2noc(CCC(=O)N3c4ccccc4C[C@H]3C)n2)cc1. The molecule has 5 nitrogen and oxygen atoms in total. The molecule has 2 heterocycles. The van der Waals surface area contributed by atoms with E-state index in [0.29, 0.717) is 24.6 Å². The molecule has 0 radical (unpaired) electrons. The molecule has 0 saturated heterocycles. The van der Waals surface area contributed by atoms with E-state index < -0.39 is 0 Å². The van der Waals surface area contributed by atoms with Gasteiger partial charge in [-0.05, 0) is 31.9 Å². The number of hydrogen-bond acceptors (Lipinski definition) is 4. The number of hydrogen-bond donors (Lipinski definition) is 0. The Kier molecular flexibility index (Phi) is 4.29. The summed E-state index contributed by atoms with van der Waals surface area (Å²) in [5, 5.41) is 4.03. The molecule has 0 fully saturated rings. The van der Waals surface area contributed by atoms with Gasteiger partial charge in [-0.1, -0.05) is 53.2 Å². The van der Waals surface area contributed by atoms with Crippen molar-refractivity contribution in [3.63, 3.8) is 0 Å². The maximum absolute atomic E-state index is 12.7. The predicted molar refractivity (Wildman–Crippen MR) is 99.9 cm³/mol. The van der Waals surface area contributed by atoms with E-state index in [4.69, 9.17) is 4.52 Å². The molecule has 0 N–H and O–H groups in total. The van der Waals surface area contributed by atoms with Crippen molar-refractivity contribution in [2.75, 3.05) is 4.90 Å². The first-order valence-electron chi connectivity index (χ1n) is 8.91. The molecule has 26 heavy (non-hydrogen) atoms. The third-order valence-electron chi connectivity index (χ3n) is 4.81. The second-order valence-electron chi connectivity index (χ2n) is 6.82. The normalized spacial score (nSPS) is 15.9. The lowest BCUT2D eigenvalue weighted by Gasteiger charge is -2.22. The van der Waals surface area contributed by atoms with Gasteiger partial charge in [0.2, 0.25) is 17.6 Å². The molecule has 1 amide bonds. The molecule has 0 saturated carbocycles. The van der Waals surface area contributed by atoms with Crippen molar-refractivity contribution in [3.8, 4) is 11.4 Å². The average Bonchev–Trinajstić information content (AvgIpc) is 3.24. The van der Waals surface area contributed by atoms with Crippen molar-refractivity contribution in [2.45, 2.75) is 39.2 Å². The largest absolute Gasteiger partial charge is 0.339 e. The summed E-state index contributed by atoms with van der Waals surface area (Å²) in [5.74, 6) is 1.15. The molecule has 1 aliphatic rings. The zero-order valence-corrected chi connectivity index (χ0v) is 15.0. The zero-order valence-electron chi connectivity index (χ0n) is 15.0. The number of anilines is 1. The minimum atomic E-state index is 0.0949. The van der Waals surface area contributed by atoms with Crippen LogP contribution < -0.4 is 4.90 Å². The van der Waals surface area contributed by atoms with Crippen LogP contribution in [0.3, 0.4) is 0 Å². The molecular formula is C21H21N3O2. The van der Waals surface area contributed by atoms with Crippen molar-refractivity contribution >= 4 is 11.6 Å². The first kappa shape index (κ1) is 16.5. The first-order valence-corrected chi connectivity index (χ1v) is 8.91. The third kappa shape index (κ3) is 3.12. The van der Waals surface area contributed by atoms with Crippen LogP contribution in [0.25, 0.3) is 11.4 Å². The second-order valence-corrected chi connectivity index (χ2v) is 6.82. The van der Waals surface area contributed by atoms with Crippen molar-refractivity contribution in [2.24, 2.45) is 0 Å². The Bertz CT molecular complexity index is 930. The van der Waals surface area contributed by atoms with Crippen molar-refractivity contribution in [1.82, 2.24) is 10.1 Å². The maximum Gasteiger partial charge on any atom is 0.227 e. The van der Waals surface area contributed by atoms with E-state index in [1.807, 2.05) is 54.3 Å². The van der Waals surface area contributed by atoms with Gasteiger partial charge >= 0.3 is 0 Å². The van der Waals surface area contributed by atoms with Gasteiger partial charge < -0.3 is 9.42 Å². The van der Waals surface area contributed by atoms with Crippen LogP contribution in [0.2, 0.25) is 0 Å². The maximum atomic E-state index is 12.7. The summed E-state index contributed by atoms with van der Waals surface area (Å²) in [4.78, 5) is 19.1. The van der Waals surface area contributed by atoms with Crippen LogP contribution in [0.15, 0.2) is 53.1 Å². The number of benzene rings is 2. The number of fused-ring (bicyclic) bond motifs is 1. The summed E-state index contributed by atoms with van der Waals surface area (Å²) < 4.78 is 5.33. The molecule has 5 heteroatoms. The second kappa shape index (κ2) is 6.75. The van der Waals surface area contributed by atoms with Gasteiger partial charge in [-0.3, -0.25) is 4.79 Å². The van der Waals surface area contributed by atoms with Crippen LogP contribution in [0, 0.1) is 6.92 Å². The van der Waals surface area contributed by atoms with Crippen molar-refractivity contribution < 1.29 is 9.32 Å². The topological polar surface area (TPSA) is 59.2 Å². The fourth-order valence-corrected chi connectivity index (χ4v) is 3.46. The Morgan fingerprint density at radius 2 is 1.96 bits per heavy atom. The zero-order chi connectivity index (χ0) is 18.1. The quantitative estimate of drug-likeness (QED) is 0.717. The summed E-state index contributed by atoms with van der Waals surface area (Å²) in [6, 6.07) is 16.3. The van der Waals surface area contributed by atoms with Gasteiger partial charge in [0.05, 0.1) is 0 Å². The van der Waals surface area contributed by atoms with Gasteiger partial charge in [0.15, 0.2) is 0 Å². The first-order chi connectivity index (χ1) is 12.6. The fraction of sp³-hybridized carbons (Fsp3) is 0.286. The lowest BCUT2D eigenvalue weighted by molar-refractivity contribution is -0.118. The lowest BCUT2D eigenvalue weighted by Crippen LogP contribution is -2.35. The van der Waals surface area contributed by atoms with Crippen LogP contribution >= 0.6 is 0 Å². The summed E-state index contributed by atoms with van der Waals surface area (Å²) in [7, 11) is 0. The highest BCUT2D eigenvalue weighted by Gasteiger charge is 2.30. The molecule has 0 spiro atoms. The van der Waals surface area contributed by atoms with Crippen LogP contribution in [0.4, 0.5) is 5.69 Å². The van der Waals surface area contributed by atoms with Gasteiger partial charge in [0, 0.05) is 30.1 Å². The van der Waals surface area contributed by atoms with Crippen molar-refractivity contribution in [1.29, 1.82) is 0 Å². The summed E-state index contributed by atoms with van der Waals surface area (Å²) in [6.07, 6.45) is 1.71. The fourth-order valence-electron chi connectivity index (χ4n) is 3.46. The van der Waals surface area contributed by atoms with E-state index in [1.165, 1.54) is 11.1 Å². The molecule has 0 unspecified atom stereocenters. The Balaban J connectivity index is 1.43. The Hall–Kier alpha value is -2.95. The highest BCUT2D eigenvalue weighted by molar-refractivity contribution is 5.96. The number of rotatable bonds is 4. The number of amides is 1. The van der Waals surface area contributed by atoms with Gasteiger partial charge in [-0.25, -0.2) is 0 Å². The number of para-hydroxylation sites is 1. The van der Waals surface area contributed by atoms with E-state index in [-0.39, 0.29) is 11.9 Å². The molecule has 0 aliphatic carbocycles. The van der Waals surface area contributed by atoms with E-state index in [0.717, 1.165) is 17.7 Å². The molecule has 2 aromatic carbocycles. The third-order valence-corrected chi connectivity index (χ3v) is 4.81. The van der Waals surface area contributed by atoms with Crippen molar-refractivity contribution in [3.05, 3.63) is 65.5 Å².